The van der Waals surface area contributed by atoms with Gasteiger partial charge in [-0.25, -0.2) is 0 Å². The van der Waals surface area contributed by atoms with Crippen LogP contribution in [0.15, 0.2) is 36.8 Å². The normalized spacial score (nSPS) is 12.3. The number of nitrogens with one attached hydrogen (secondary N) is 1. The first kappa shape index (κ1) is 12.6. The van der Waals surface area contributed by atoms with Gasteiger partial charge >= 0.3 is 0 Å². The van der Waals surface area contributed by atoms with E-state index in [1.807, 2.05) is 25.1 Å². The molecule has 18 heavy (non-hydrogen) atoms. The molecule has 1 N–H and O–H groups in total. The topological polar surface area (TPSA) is 50.7 Å². The molecular weight excluding hydrogens is 224 g/mol. The lowest BCUT2D eigenvalue weighted by atomic mass is 10.1. The molecule has 2 aromatic rings. The van der Waals surface area contributed by atoms with Gasteiger partial charge in [0.1, 0.15) is 0 Å². The summed E-state index contributed by atoms with van der Waals surface area (Å²) in [5.41, 5.74) is 2.91. The van der Waals surface area contributed by atoms with Crippen LogP contribution in [0.4, 0.5) is 0 Å². The monoisotopic (exact) mass is 242 g/mol. The minimum atomic E-state index is 0.0125. The van der Waals surface area contributed by atoms with Crippen LogP contribution in [-0.4, -0.2) is 21.5 Å². The Morgan fingerprint density at radius 2 is 2.11 bits per heavy atom. The van der Waals surface area contributed by atoms with E-state index in [1.165, 1.54) is 0 Å². The minimum Gasteiger partial charge on any atom is -0.304 e. The Balaban J connectivity index is 2.31. The molecule has 0 spiro atoms. The molecule has 0 aliphatic carbocycles. The van der Waals surface area contributed by atoms with Crippen molar-refractivity contribution >= 4 is 0 Å². The summed E-state index contributed by atoms with van der Waals surface area (Å²) >= 11 is 0. The highest BCUT2D eigenvalue weighted by Crippen LogP contribution is 2.17. The zero-order valence-corrected chi connectivity index (χ0v) is 10.8. The third-order valence-electron chi connectivity index (χ3n) is 2.68. The second kappa shape index (κ2) is 6.21. The molecule has 0 aliphatic heterocycles. The number of aromatic nitrogens is 3. The smallest absolute Gasteiger partial charge is 0.0940 e. The summed E-state index contributed by atoms with van der Waals surface area (Å²) in [6.07, 6.45) is 6.26. The van der Waals surface area contributed by atoms with Crippen LogP contribution in [0, 0.1) is 6.92 Å². The van der Waals surface area contributed by atoms with E-state index in [0.29, 0.717) is 0 Å². The van der Waals surface area contributed by atoms with Gasteiger partial charge < -0.3 is 5.32 Å². The Labute approximate surface area is 108 Å². The fraction of sp³-hybridized carbons (Fsp3) is 0.357. The van der Waals surface area contributed by atoms with Gasteiger partial charge in [0.25, 0.3) is 0 Å². The molecule has 2 aromatic heterocycles. The van der Waals surface area contributed by atoms with E-state index in [-0.39, 0.29) is 6.04 Å². The SMILES string of the molecule is CCCNC(c1cnccn1)c1cccc(C)n1. The lowest BCUT2D eigenvalue weighted by Gasteiger charge is -2.17. The number of aryl methyl sites for hydroxylation is 1. The Bertz CT molecular complexity index is 484. The first-order valence-electron chi connectivity index (χ1n) is 6.24. The molecule has 0 aromatic carbocycles. The average Bonchev–Trinajstić information content (AvgIpc) is 2.40. The van der Waals surface area contributed by atoms with Crippen molar-refractivity contribution in [2.24, 2.45) is 0 Å². The van der Waals surface area contributed by atoms with Crippen molar-refractivity contribution in [1.82, 2.24) is 20.3 Å². The predicted molar refractivity (Wildman–Crippen MR) is 71.1 cm³/mol. The molecule has 0 bridgehead atoms. The molecule has 0 saturated carbocycles. The molecule has 0 aliphatic rings. The second-order valence-corrected chi connectivity index (χ2v) is 4.22. The number of pyridine rings is 1. The highest BCUT2D eigenvalue weighted by atomic mass is 15.0. The lowest BCUT2D eigenvalue weighted by Crippen LogP contribution is -2.25. The molecule has 0 saturated heterocycles. The Morgan fingerprint density at radius 3 is 2.78 bits per heavy atom. The largest absolute Gasteiger partial charge is 0.304 e. The van der Waals surface area contributed by atoms with E-state index in [1.54, 1.807) is 18.6 Å². The summed E-state index contributed by atoms with van der Waals surface area (Å²) in [5.74, 6) is 0. The van der Waals surface area contributed by atoms with Crippen molar-refractivity contribution in [1.29, 1.82) is 0 Å². The molecule has 0 amide bonds. The maximum Gasteiger partial charge on any atom is 0.0940 e. The summed E-state index contributed by atoms with van der Waals surface area (Å²) in [4.78, 5) is 13.1. The van der Waals surface area contributed by atoms with Crippen LogP contribution in [0.2, 0.25) is 0 Å². The van der Waals surface area contributed by atoms with E-state index in [4.69, 9.17) is 0 Å². The van der Waals surface area contributed by atoms with Gasteiger partial charge in [-0.3, -0.25) is 15.0 Å². The summed E-state index contributed by atoms with van der Waals surface area (Å²) in [6.45, 7) is 5.07. The molecule has 2 rings (SSSR count). The first-order valence-corrected chi connectivity index (χ1v) is 6.24. The van der Waals surface area contributed by atoms with Crippen LogP contribution >= 0.6 is 0 Å². The standard InChI is InChI=1S/C14H18N4/c1-3-7-17-14(13-10-15-8-9-16-13)12-6-4-5-11(2)18-12/h4-6,8-10,14,17H,3,7H2,1-2H3. The molecular formula is C14H18N4. The molecule has 0 fully saturated rings. The van der Waals surface area contributed by atoms with E-state index in [2.05, 4.69) is 27.2 Å². The Morgan fingerprint density at radius 1 is 1.22 bits per heavy atom. The van der Waals surface area contributed by atoms with Crippen LogP contribution in [0.25, 0.3) is 0 Å². The maximum absolute atomic E-state index is 4.57. The Kier molecular flexibility index (Phi) is 4.36. The highest BCUT2D eigenvalue weighted by Gasteiger charge is 2.16. The lowest BCUT2D eigenvalue weighted by molar-refractivity contribution is 0.571. The summed E-state index contributed by atoms with van der Waals surface area (Å²) in [7, 11) is 0. The molecule has 94 valence electrons. The summed E-state index contributed by atoms with van der Waals surface area (Å²) in [6, 6.07) is 6.05. The van der Waals surface area contributed by atoms with Crippen molar-refractivity contribution in [3.8, 4) is 0 Å². The van der Waals surface area contributed by atoms with Crippen molar-refractivity contribution < 1.29 is 0 Å². The zero-order chi connectivity index (χ0) is 12.8. The fourth-order valence-electron chi connectivity index (χ4n) is 1.83. The molecule has 4 heteroatoms. The highest BCUT2D eigenvalue weighted by molar-refractivity contribution is 5.21. The average molecular weight is 242 g/mol. The van der Waals surface area contributed by atoms with Crippen molar-refractivity contribution in [2.45, 2.75) is 26.3 Å². The van der Waals surface area contributed by atoms with Crippen LogP contribution in [0.5, 0.6) is 0 Å². The third kappa shape index (κ3) is 3.11. The van der Waals surface area contributed by atoms with Gasteiger partial charge in [0.2, 0.25) is 0 Å². The molecule has 0 radical (unpaired) electrons. The van der Waals surface area contributed by atoms with Gasteiger partial charge in [-0.1, -0.05) is 13.0 Å². The summed E-state index contributed by atoms with van der Waals surface area (Å²) < 4.78 is 0. The van der Waals surface area contributed by atoms with Gasteiger partial charge in [-0.05, 0) is 32.0 Å². The van der Waals surface area contributed by atoms with Crippen molar-refractivity contribution in [2.75, 3.05) is 6.54 Å². The Hall–Kier alpha value is -1.81. The molecule has 1 unspecified atom stereocenters. The van der Waals surface area contributed by atoms with Gasteiger partial charge in [0.15, 0.2) is 0 Å². The molecule has 4 nitrogen and oxygen atoms in total. The van der Waals surface area contributed by atoms with Crippen molar-refractivity contribution in [3.63, 3.8) is 0 Å². The quantitative estimate of drug-likeness (QED) is 0.873. The van der Waals surface area contributed by atoms with Crippen molar-refractivity contribution in [3.05, 3.63) is 53.9 Å². The van der Waals surface area contributed by atoms with Gasteiger partial charge in [0, 0.05) is 18.1 Å². The van der Waals surface area contributed by atoms with Crippen LogP contribution in [-0.2, 0) is 0 Å². The predicted octanol–water partition coefficient (Wildman–Crippen LogP) is 2.27. The van der Waals surface area contributed by atoms with E-state index in [0.717, 1.165) is 30.0 Å². The number of hydrogen-bond donors (Lipinski definition) is 1. The minimum absolute atomic E-state index is 0.0125. The summed E-state index contributed by atoms with van der Waals surface area (Å²) in [5, 5.41) is 3.46. The van der Waals surface area contributed by atoms with E-state index in [9.17, 15) is 0 Å². The second-order valence-electron chi connectivity index (χ2n) is 4.22. The van der Waals surface area contributed by atoms with Gasteiger partial charge in [0.05, 0.1) is 23.6 Å². The number of nitrogens with zero attached hydrogens (tertiary/aromatic N) is 3. The molecule has 1 atom stereocenters. The fourth-order valence-corrected chi connectivity index (χ4v) is 1.83. The zero-order valence-electron chi connectivity index (χ0n) is 10.8. The van der Waals surface area contributed by atoms with Crippen LogP contribution in [0.3, 0.4) is 0 Å². The van der Waals surface area contributed by atoms with Gasteiger partial charge in [-0.2, -0.15) is 0 Å². The molecule has 2 heterocycles. The maximum atomic E-state index is 4.57. The number of hydrogen-bond acceptors (Lipinski definition) is 4. The number of rotatable bonds is 5. The van der Waals surface area contributed by atoms with E-state index < -0.39 is 0 Å². The first-order chi connectivity index (χ1) is 8.81. The van der Waals surface area contributed by atoms with Crippen LogP contribution < -0.4 is 5.32 Å². The van der Waals surface area contributed by atoms with Gasteiger partial charge in [-0.15, -0.1) is 0 Å². The van der Waals surface area contributed by atoms with E-state index >= 15 is 0 Å². The van der Waals surface area contributed by atoms with Crippen LogP contribution in [0.1, 0.15) is 36.5 Å². The third-order valence-corrected chi connectivity index (χ3v) is 2.68.